The monoisotopic (exact) mass is 332 g/mol. The Morgan fingerprint density at radius 2 is 2.25 bits per heavy atom. The zero-order valence-electron chi connectivity index (χ0n) is 13.5. The first-order valence-corrected chi connectivity index (χ1v) is 7.90. The highest BCUT2D eigenvalue weighted by Crippen LogP contribution is 2.18. The van der Waals surface area contributed by atoms with Crippen LogP contribution in [0.2, 0.25) is 0 Å². The summed E-state index contributed by atoms with van der Waals surface area (Å²) in [5.41, 5.74) is 1.80. The summed E-state index contributed by atoms with van der Waals surface area (Å²) in [6.45, 7) is 1.62. The summed E-state index contributed by atoms with van der Waals surface area (Å²) in [5.74, 6) is -0.0274. The third kappa shape index (κ3) is 3.33. The number of fused-ring (bicyclic) bond motifs is 3. The highest BCUT2D eigenvalue weighted by Gasteiger charge is 2.11. The topological polar surface area (TPSA) is 90.8 Å². The first kappa shape index (κ1) is 16.3. The third-order valence-corrected chi connectivity index (χ3v) is 3.84. The number of carbonyl (C=O) groups excluding carboxylic acids is 1. The Hall–Kier alpha value is -2.61. The summed E-state index contributed by atoms with van der Waals surface area (Å²) in [5, 5.41) is 6.99. The summed E-state index contributed by atoms with van der Waals surface area (Å²) in [6.07, 6.45) is 4.87. The van der Waals surface area contributed by atoms with Gasteiger partial charge in [-0.05, 0) is 12.8 Å². The quantitative estimate of drug-likeness (QED) is 0.625. The number of nitrogens with one attached hydrogen (secondary N) is 1. The molecule has 0 atom stereocenters. The van der Waals surface area contributed by atoms with Crippen LogP contribution in [0.1, 0.15) is 19.3 Å². The summed E-state index contributed by atoms with van der Waals surface area (Å²) >= 11 is 0. The van der Waals surface area contributed by atoms with Crippen LogP contribution >= 0.6 is 0 Å². The van der Waals surface area contributed by atoms with Crippen molar-refractivity contribution in [3.8, 4) is 0 Å². The summed E-state index contributed by atoms with van der Waals surface area (Å²) < 4.78 is 13.3. The van der Waals surface area contributed by atoms with E-state index in [1.54, 1.807) is 36.2 Å². The molecule has 1 N–H and O–H groups in total. The number of furan rings is 1. The van der Waals surface area contributed by atoms with Gasteiger partial charge >= 0.3 is 0 Å². The van der Waals surface area contributed by atoms with Crippen LogP contribution in [-0.2, 0) is 16.1 Å². The predicted molar refractivity (Wildman–Crippen MR) is 88.0 cm³/mol. The smallest absolute Gasteiger partial charge is 0.291 e. The molecule has 1 amide bonds. The third-order valence-electron chi connectivity index (χ3n) is 3.84. The number of methoxy groups -OCH3 is 1. The van der Waals surface area contributed by atoms with E-state index in [1.807, 2.05) is 0 Å². The van der Waals surface area contributed by atoms with E-state index < -0.39 is 0 Å². The normalized spacial score (nSPS) is 11.4. The number of hydrogen-bond donors (Lipinski definition) is 1. The van der Waals surface area contributed by atoms with Crippen LogP contribution < -0.4 is 10.9 Å². The first-order valence-electron chi connectivity index (χ1n) is 7.90. The van der Waals surface area contributed by atoms with E-state index in [0.717, 1.165) is 11.9 Å². The Balaban J connectivity index is 1.58. The van der Waals surface area contributed by atoms with E-state index in [4.69, 9.17) is 9.15 Å². The van der Waals surface area contributed by atoms with Crippen LogP contribution in [0.5, 0.6) is 0 Å². The maximum atomic E-state index is 12.4. The SMILES string of the molecule is COCCCNC(=O)CCCn1ncn2c(cc3occc32)c1=O. The molecule has 0 aromatic carbocycles. The second-order valence-electron chi connectivity index (χ2n) is 5.53. The fourth-order valence-corrected chi connectivity index (χ4v) is 2.61. The highest BCUT2D eigenvalue weighted by molar-refractivity contribution is 5.81. The lowest BCUT2D eigenvalue weighted by Crippen LogP contribution is -2.27. The predicted octanol–water partition coefficient (Wildman–Crippen LogP) is 1.18. The lowest BCUT2D eigenvalue weighted by molar-refractivity contribution is -0.121. The lowest BCUT2D eigenvalue weighted by atomic mass is 10.3. The van der Waals surface area contributed by atoms with Gasteiger partial charge in [-0.15, -0.1) is 0 Å². The Morgan fingerprint density at radius 3 is 3.08 bits per heavy atom. The number of hydrogen-bond acceptors (Lipinski definition) is 5. The van der Waals surface area contributed by atoms with Crippen LogP contribution in [0.3, 0.4) is 0 Å². The van der Waals surface area contributed by atoms with Crippen molar-refractivity contribution in [1.82, 2.24) is 19.5 Å². The lowest BCUT2D eigenvalue weighted by Gasteiger charge is -2.06. The van der Waals surface area contributed by atoms with E-state index in [-0.39, 0.29) is 11.5 Å². The van der Waals surface area contributed by atoms with Gasteiger partial charge in [-0.25, -0.2) is 4.68 Å². The number of carbonyl (C=O) groups is 1. The van der Waals surface area contributed by atoms with E-state index >= 15 is 0 Å². The van der Waals surface area contributed by atoms with Gasteiger partial charge in [-0.1, -0.05) is 0 Å². The maximum Gasteiger partial charge on any atom is 0.291 e. The molecule has 3 heterocycles. The number of rotatable bonds is 8. The van der Waals surface area contributed by atoms with Crippen molar-refractivity contribution >= 4 is 22.5 Å². The Kier molecular flexibility index (Phi) is 4.95. The van der Waals surface area contributed by atoms with Crippen molar-refractivity contribution in [3.05, 3.63) is 35.1 Å². The van der Waals surface area contributed by atoms with Crippen LogP contribution in [0.25, 0.3) is 16.6 Å². The van der Waals surface area contributed by atoms with Gasteiger partial charge in [0.1, 0.15) is 11.8 Å². The Labute approximate surface area is 138 Å². The average molecular weight is 332 g/mol. The molecule has 0 bridgehead atoms. The molecule has 0 unspecified atom stereocenters. The largest absolute Gasteiger partial charge is 0.463 e. The van der Waals surface area contributed by atoms with E-state index in [9.17, 15) is 9.59 Å². The summed E-state index contributed by atoms with van der Waals surface area (Å²) in [4.78, 5) is 24.1. The van der Waals surface area contributed by atoms with Gasteiger partial charge in [0.25, 0.3) is 5.56 Å². The summed E-state index contributed by atoms with van der Waals surface area (Å²) in [6, 6.07) is 3.50. The Morgan fingerprint density at radius 1 is 1.38 bits per heavy atom. The van der Waals surface area contributed by atoms with Crippen LogP contribution in [0.4, 0.5) is 0 Å². The molecular formula is C16H20N4O4. The molecule has 0 spiro atoms. The first-order chi connectivity index (χ1) is 11.7. The minimum Gasteiger partial charge on any atom is -0.463 e. The number of nitrogens with zero attached hydrogens (tertiary/aromatic N) is 3. The zero-order valence-corrected chi connectivity index (χ0v) is 13.5. The van der Waals surface area contributed by atoms with Crippen LogP contribution in [0.15, 0.2) is 33.9 Å². The highest BCUT2D eigenvalue weighted by atomic mass is 16.5. The minimum absolute atomic E-state index is 0.0274. The molecule has 3 aromatic rings. The molecule has 3 rings (SSSR count). The standard InChI is InChI=1S/C16H20N4O4/c1-23-8-3-6-17-15(21)4-2-7-20-16(22)13-10-14-12(5-9-24-14)19(13)11-18-20/h5,9-11H,2-4,6-8H2,1H3,(H,17,21). The van der Waals surface area contributed by atoms with Crippen molar-refractivity contribution in [2.75, 3.05) is 20.3 Å². The average Bonchev–Trinajstić information content (AvgIpc) is 3.15. The van der Waals surface area contributed by atoms with Crippen molar-refractivity contribution in [2.24, 2.45) is 0 Å². The van der Waals surface area contributed by atoms with Crippen molar-refractivity contribution in [2.45, 2.75) is 25.8 Å². The van der Waals surface area contributed by atoms with Gasteiger partial charge in [-0.3, -0.25) is 14.0 Å². The van der Waals surface area contributed by atoms with Gasteiger partial charge in [-0.2, -0.15) is 5.10 Å². The van der Waals surface area contributed by atoms with Crippen molar-refractivity contribution in [1.29, 1.82) is 0 Å². The fourth-order valence-electron chi connectivity index (χ4n) is 2.61. The van der Waals surface area contributed by atoms with Gasteiger partial charge in [0.15, 0.2) is 5.58 Å². The Bertz CT molecular complexity index is 892. The van der Waals surface area contributed by atoms with Crippen LogP contribution in [0, 0.1) is 0 Å². The van der Waals surface area contributed by atoms with Crippen molar-refractivity contribution in [3.63, 3.8) is 0 Å². The molecule has 0 radical (unpaired) electrons. The van der Waals surface area contributed by atoms with Gasteiger partial charge in [0, 0.05) is 45.4 Å². The second-order valence-corrected chi connectivity index (χ2v) is 5.53. The molecule has 8 heteroatoms. The molecular weight excluding hydrogens is 312 g/mol. The van der Waals surface area contributed by atoms with Crippen molar-refractivity contribution < 1.29 is 13.9 Å². The fraction of sp³-hybridized carbons (Fsp3) is 0.438. The van der Waals surface area contributed by atoms with E-state index in [0.29, 0.717) is 43.6 Å². The van der Waals surface area contributed by atoms with E-state index in [1.165, 1.54) is 4.68 Å². The number of aryl methyl sites for hydroxylation is 1. The van der Waals surface area contributed by atoms with Crippen LogP contribution in [-0.4, -0.2) is 40.3 Å². The number of amides is 1. The maximum absolute atomic E-state index is 12.4. The number of aromatic nitrogens is 3. The molecule has 24 heavy (non-hydrogen) atoms. The van der Waals surface area contributed by atoms with Gasteiger partial charge < -0.3 is 14.5 Å². The molecule has 0 aliphatic heterocycles. The minimum atomic E-state index is -0.190. The molecule has 8 nitrogen and oxygen atoms in total. The molecule has 3 aromatic heterocycles. The number of ether oxygens (including phenoxy) is 1. The van der Waals surface area contributed by atoms with Gasteiger partial charge in [0.2, 0.25) is 5.91 Å². The molecule has 0 saturated carbocycles. The second kappa shape index (κ2) is 7.31. The molecule has 0 aliphatic carbocycles. The van der Waals surface area contributed by atoms with Gasteiger partial charge in [0.05, 0.1) is 11.8 Å². The van der Waals surface area contributed by atoms with E-state index in [2.05, 4.69) is 10.4 Å². The molecule has 0 fully saturated rings. The summed E-state index contributed by atoms with van der Waals surface area (Å²) in [7, 11) is 1.63. The molecule has 128 valence electrons. The molecule has 0 saturated heterocycles. The molecule has 0 aliphatic rings. The zero-order chi connectivity index (χ0) is 16.9.